The molecular weight excluding hydrogens is 300 g/mol. The van der Waals surface area contributed by atoms with Crippen LogP contribution in [0.4, 0.5) is 5.69 Å². The molecule has 0 saturated heterocycles. The lowest BCUT2D eigenvalue weighted by molar-refractivity contribution is 0.395. The lowest BCUT2D eigenvalue weighted by Crippen LogP contribution is -2.30. The second-order valence-corrected chi connectivity index (χ2v) is 5.22. The van der Waals surface area contributed by atoms with Crippen LogP contribution >= 0.6 is 12.2 Å². The Bertz CT molecular complexity index is 657. The van der Waals surface area contributed by atoms with Crippen LogP contribution in [0.1, 0.15) is 5.69 Å². The summed E-state index contributed by atoms with van der Waals surface area (Å²) >= 11 is 5.43. The van der Waals surface area contributed by atoms with Crippen molar-refractivity contribution in [1.29, 1.82) is 0 Å². The number of nitrogens with zero attached hydrogens (tertiary/aromatic N) is 3. The van der Waals surface area contributed by atoms with Gasteiger partial charge in [-0.3, -0.25) is 4.68 Å². The third-order valence-corrected chi connectivity index (χ3v) is 3.58. The summed E-state index contributed by atoms with van der Waals surface area (Å²) in [4.78, 5) is 1.92. The van der Waals surface area contributed by atoms with E-state index < -0.39 is 0 Å². The van der Waals surface area contributed by atoms with Gasteiger partial charge in [0.25, 0.3) is 0 Å². The van der Waals surface area contributed by atoms with Gasteiger partial charge in [-0.05, 0) is 30.4 Å². The molecule has 2 aromatic rings. The molecule has 0 unspecified atom stereocenters. The Hall–Kier alpha value is -2.28. The standard InChI is InChI=1S/C15H20N4O2S/c1-18(10-11-7-8-19(2)17-11)15(22)16-13-6-5-12(20-3)9-14(13)21-4/h5-9H,10H2,1-4H3,(H,16,22). The quantitative estimate of drug-likeness (QED) is 0.853. The zero-order valence-electron chi connectivity index (χ0n) is 13.2. The smallest absolute Gasteiger partial charge is 0.173 e. The molecule has 1 aromatic carbocycles. The maximum Gasteiger partial charge on any atom is 0.173 e. The van der Waals surface area contributed by atoms with E-state index in [0.717, 1.165) is 17.1 Å². The van der Waals surface area contributed by atoms with Gasteiger partial charge in [-0.25, -0.2) is 0 Å². The van der Waals surface area contributed by atoms with E-state index in [1.54, 1.807) is 18.9 Å². The molecule has 0 saturated carbocycles. The van der Waals surface area contributed by atoms with Gasteiger partial charge in [0.2, 0.25) is 0 Å². The van der Waals surface area contributed by atoms with Gasteiger partial charge in [-0.1, -0.05) is 0 Å². The van der Waals surface area contributed by atoms with E-state index in [1.807, 2.05) is 49.5 Å². The molecule has 118 valence electrons. The third kappa shape index (κ3) is 3.88. The fourth-order valence-electron chi connectivity index (χ4n) is 1.97. The Balaban J connectivity index is 2.04. The summed E-state index contributed by atoms with van der Waals surface area (Å²) in [6.45, 7) is 0.630. The highest BCUT2D eigenvalue weighted by atomic mass is 32.1. The molecule has 7 heteroatoms. The molecule has 0 atom stereocenters. The average Bonchev–Trinajstić information content (AvgIpc) is 2.92. The van der Waals surface area contributed by atoms with Gasteiger partial charge in [0.1, 0.15) is 11.5 Å². The molecule has 1 aromatic heterocycles. The third-order valence-electron chi connectivity index (χ3n) is 3.17. The fraction of sp³-hybridized carbons (Fsp3) is 0.333. The first-order valence-corrected chi connectivity index (χ1v) is 7.17. The Kier molecular flexibility index (Phi) is 5.21. The molecule has 0 fully saturated rings. The summed E-state index contributed by atoms with van der Waals surface area (Å²) in [5.41, 5.74) is 1.75. The number of thiocarbonyl (C=S) groups is 1. The topological polar surface area (TPSA) is 51.5 Å². The first-order valence-electron chi connectivity index (χ1n) is 6.76. The van der Waals surface area contributed by atoms with Crippen LogP contribution in [-0.2, 0) is 13.6 Å². The number of nitrogens with one attached hydrogen (secondary N) is 1. The summed E-state index contributed by atoms with van der Waals surface area (Å²) in [5, 5.41) is 8.12. The van der Waals surface area contributed by atoms with Crippen LogP contribution in [0, 0.1) is 0 Å². The number of aryl methyl sites for hydroxylation is 1. The Morgan fingerprint density at radius 2 is 2.09 bits per heavy atom. The summed E-state index contributed by atoms with van der Waals surface area (Å²) in [6.07, 6.45) is 1.91. The maximum atomic E-state index is 5.43. The van der Waals surface area contributed by atoms with Crippen molar-refractivity contribution in [3.63, 3.8) is 0 Å². The van der Waals surface area contributed by atoms with E-state index in [2.05, 4.69) is 10.4 Å². The number of aromatic nitrogens is 2. The molecular formula is C15H20N4O2S. The summed E-state index contributed by atoms with van der Waals surface area (Å²) in [6, 6.07) is 7.50. The Morgan fingerprint density at radius 3 is 2.68 bits per heavy atom. The van der Waals surface area contributed by atoms with Crippen molar-refractivity contribution in [3.8, 4) is 11.5 Å². The number of methoxy groups -OCH3 is 2. The monoisotopic (exact) mass is 320 g/mol. The van der Waals surface area contributed by atoms with Crippen LogP contribution in [-0.4, -0.2) is 41.1 Å². The van der Waals surface area contributed by atoms with Crippen LogP contribution in [0.2, 0.25) is 0 Å². The van der Waals surface area contributed by atoms with Crippen molar-refractivity contribution >= 4 is 23.0 Å². The first-order chi connectivity index (χ1) is 10.5. The normalized spacial score (nSPS) is 10.2. The minimum Gasteiger partial charge on any atom is -0.497 e. The minimum absolute atomic E-state index is 0.592. The number of anilines is 1. The van der Waals surface area contributed by atoms with E-state index in [9.17, 15) is 0 Å². The zero-order valence-corrected chi connectivity index (χ0v) is 14.0. The zero-order chi connectivity index (χ0) is 16.1. The predicted octanol–water partition coefficient (Wildman–Crippen LogP) is 2.27. The number of rotatable bonds is 5. The molecule has 0 amide bonds. The van der Waals surface area contributed by atoms with E-state index in [1.165, 1.54) is 0 Å². The highest BCUT2D eigenvalue weighted by Gasteiger charge is 2.11. The largest absolute Gasteiger partial charge is 0.497 e. The van der Waals surface area contributed by atoms with Crippen LogP contribution in [0.15, 0.2) is 30.5 Å². The van der Waals surface area contributed by atoms with Crippen LogP contribution in [0.25, 0.3) is 0 Å². The van der Waals surface area contributed by atoms with E-state index in [0.29, 0.717) is 17.4 Å². The maximum absolute atomic E-state index is 5.43. The number of ether oxygens (including phenoxy) is 2. The summed E-state index contributed by atoms with van der Waals surface area (Å²) in [5.74, 6) is 1.41. The van der Waals surface area contributed by atoms with Crippen molar-refractivity contribution in [2.75, 3.05) is 26.6 Å². The lowest BCUT2D eigenvalue weighted by Gasteiger charge is -2.21. The van der Waals surface area contributed by atoms with Gasteiger partial charge >= 0.3 is 0 Å². The minimum atomic E-state index is 0.592. The molecule has 6 nitrogen and oxygen atoms in total. The van der Waals surface area contributed by atoms with Crippen molar-refractivity contribution in [2.24, 2.45) is 7.05 Å². The van der Waals surface area contributed by atoms with Gasteiger partial charge < -0.3 is 19.7 Å². The Morgan fingerprint density at radius 1 is 1.32 bits per heavy atom. The number of hydrogen-bond acceptors (Lipinski definition) is 4. The molecule has 1 heterocycles. The van der Waals surface area contributed by atoms with Gasteiger partial charge in [0, 0.05) is 26.4 Å². The van der Waals surface area contributed by atoms with Crippen LogP contribution in [0.3, 0.4) is 0 Å². The first kappa shape index (κ1) is 16.1. The molecule has 0 radical (unpaired) electrons. The van der Waals surface area contributed by atoms with Crippen molar-refractivity contribution in [1.82, 2.24) is 14.7 Å². The molecule has 1 N–H and O–H groups in total. The molecule has 0 bridgehead atoms. The van der Waals surface area contributed by atoms with Crippen LogP contribution < -0.4 is 14.8 Å². The van der Waals surface area contributed by atoms with E-state index in [-0.39, 0.29) is 0 Å². The second-order valence-electron chi connectivity index (χ2n) is 4.83. The predicted molar refractivity (Wildman–Crippen MR) is 90.4 cm³/mol. The molecule has 22 heavy (non-hydrogen) atoms. The highest BCUT2D eigenvalue weighted by molar-refractivity contribution is 7.80. The van der Waals surface area contributed by atoms with Gasteiger partial charge in [0.15, 0.2) is 5.11 Å². The van der Waals surface area contributed by atoms with Crippen LogP contribution in [0.5, 0.6) is 11.5 Å². The molecule has 0 aliphatic carbocycles. The lowest BCUT2D eigenvalue weighted by atomic mass is 10.2. The molecule has 0 aliphatic heterocycles. The van der Waals surface area contributed by atoms with Crippen molar-refractivity contribution < 1.29 is 9.47 Å². The number of benzene rings is 1. The average molecular weight is 320 g/mol. The van der Waals surface area contributed by atoms with Gasteiger partial charge in [-0.2, -0.15) is 5.10 Å². The summed E-state index contributed by atoms with van der Waals surface area (Å²) < 4.78 is 12.3. The fourth-order valence-corrected chi connectivity index (χ4v) is 2.15. The van der Waals surface area contributed by atoms with Gasteiger partial charge in [0.05, 0.1) is 32.1 Å². The number of hydrogen-bond donors (Lipinski definition) is 1. The highest BCUT2D eigenvalue weighted by Crippen LogP contribution is 2.29. The van der Waals surface area contributed by atoms with Crippen molar-refractivity contribution in [2.45, 2.75) is 6.54 Å². The van der Waals surface area contributed by atoms with E-state index in [4.69, 9.17) is 21.7 Å². The van der Waals surface area contributed by atoms with Crippen molar-refractivity contribution in [3.05, 3.63) is 36.2 Å². The molecule has 0 spiro atoms. The Labute approximate surface area is 135 Å². The second kappa shape index (κ2) is 7.13. The molecule has 2 rings (SSSR count). The van der Waals surface area contributed by atoms with Gasteiger partial charge in [-0.15, -0.1) is 0 Å². The SMILES string of the molecule is COc1ccc(NC(=S)N(C)Cc2ccn(C)n2)c(OC)c1. The van der Waals surface area contributed by atoms with E-state index >= 15 is 0 Å². The molecule has 0 aliphatic rings. The summed E-state index contributed by atoms with van der Waals surface area (Å²) in [7, 11) is 7.04.